The molecule has 19 heavy (non-hydrogen) atoms. The number of aliphatic hydroxyl groups excluding tert-OH is 2. The van der Waals surface area contributed by atoms with E-state index in [1.54, 1.807) is 18.2 Å². The Morgan fingerprint density at radius 3 is 2.32 bits per heavy atom. The predicted molar refractivity (Wildman–Crippen MR) is 80.5 cm³/mol. The minimum absolute atomic E-state index is 0.540. The molecule has 0 amide bonds. The Hall–Kier alpha value is -2.36. The molecule has 0 fully saturated rings. The van der Waals surface area contributed by atoms with Gasteiger partial charge in [0.15, 0.2) is 0 Å². The molecule has 4 heteroatoms. The molecule has 4 N–H and O–H groups in total. The zero-order valence-electron chi connectivity index (χ0n) is 10.9. The maximum Gasteiger partial charge on any atom is 0.0769 e. The van der Waals surface area contributed by atoms with Crippen molar-refractivity contribution in [1.29, 1.82) is 0 Å². The number of anilines is 2. The number of nitrogens with zero attached hydrogens (tertiary/aromatic N) is 1. The minimum atomic E-state index is 0.540. The highest BCUT2D eigenvalue weighted by Gasteiger charge is 2.06. The quantitative estimate of drug-likeness (QED) is 0.400. The first-order chi connectivity index (χ1) is 9.22. The van der Waals surface area contributed by atoms with Crippen LogP contribution in [0, 0.1) is 0 Å². The SMILES string of the molecule is C=CCc1cc(N(CC=CO)CC=CO)ccc1N. The Morgan fingerprint density at radius 1 is 1.16 bits per heavy atom. The Morgan fingerprint density at radius 2 is 1.79 bits per heavy atom. The fourth-order valence-electron chi connectivity index (χ4n) is 1.76. The first-order valence-corrected chi connectivity index (χ1v) is 6.05. The molecule has 0 aliphatic heterocycles. The van der Waals surface area contributed by atoms with Gasteiger partial charge >= 0.3 is 0 Å². The maximum absolute atomic E-state index is 8.76. The highest BCUT2D eigenvalue weighted by atomic mass is 16.2. The molecule has 0 spiro atoms. The van der Waals surface area contributed by atoms with E-state index in [0.717, 1.165) is 29.5 Å². The lowest BCUT2D eigenvalue weighted by Crippen LogP contribution is -2.23. The van der Waals surface area contributed by atoms with E-state index in [1.165, 1.54) is 0 Å². The van der Waals surface area contributed by atoms with Crippen LogP contribution in [0.15, 0.2) is 55.5 Å². The van der Waals surface area contributed by atoms with Crippen molar-refractivity contribution in [3.8, 4) is 0 Å². The number of nitrogen functional groups attached to an aromatic ring is 1. The summed E-state index contributed by atoms with van der Waals surface area (Å²) in [5, 5.41) is 17.5. The molecule has 0 bridgehead atoms. The third-order valence-electron chi connectivity index (χ3n) is 2.72. The van der Waals surface area contributed by atoms with Crippen molar-refractivity contribution >= 4 is 11.4 Å². The van der Waals surface area contributed by atoms with Crippen LogP contribution in [0.3, 0.4) is 0 Å². The number of allylic oxidation sites excluding steroid dienone is 1. The fraction of sp³-hybridized carbons (Fsp3) is 0.200. The number of rotatable bonds is 7. The molecular formula is C15H20N2O2. The molecule has 0 atom stereocenters. The molecule has 0 saturated carbocycles. The molecule has 1 rings (SSSR count). The lowest BCUT2D eigenvalue weighted by atomic mass is 10.1. The molecule has 0 radical (unpaired) electrons. The van der Waals surface area contributed by atoms with Crippen molar-refractivity contribution in [3.05, 3.63) is 61.1 Å². The summed E-state index contributed by atoms with van der Waals surface area (Å²) in [6.45, 7) is 4.79. The Labute approximate surface area is 113 Å². The number of aliphatic hydroxyl groups is 2. The lowest BCUT2D eigenvalue weighted by molar-refractivity contribution is 0.470. The van der Waals surface area contributed by atoms with Crippen LogP contribution in [0.2, 0.25) is 0 Å². The highest BCUT2D eigenvalue weighted by molar-refractivity contribution is 5.59. The summed E-state index contributed by atoms with van der Waals surface area (Å²) in [4.78, 5) is 1.99. The first-order valence-electron chi connectivity index (χ1n) is 6.05. The summed E-state index contributed by atoms with van der Waals surface area (Å²) in [6.07, 6.45) is 7.80. The summed E-state index contributed by atoms with van der Waals surface area (Å²) in [7, 11) is 0. The molecule has 0 aromatic heterocycles. The van der Waals surface area contributed by atoms with Gasteiger partial charge in [0.1, 0.15) is 0 Å². The molecule has 0 saturated heterocycles. The van der Waals surface area contributed by atoms with Crippen LogP contribution in [-0.4, -0.2) is 23.3 Å². The number of hydrogen-bond donors (Lipinski definition) is 3. The summed E-state index contributed by atoms with van der Waals surface area (Å²) < 4.78 is 0. The molecule has 102 valence electrons. The Kier molecular flexibility index (Phi) is 6.09. The molecule has 1 aromatic carbocycles. The van der Waals surface area contributed by atoms with E-state index in [0.29, 0.717) is 19.5 Å². The predicted octanol–water partition coefficient (Wildman–Crippen LogP) is 2.95. The van der Waals surface area contributed by atoms with E-state index in [2.05, 4.69) is 6.58 Å². The molecule has 4 nitrogen and oxygen atoms in total. The number of nitrogens with two attached hydrogens (primary N) is 1. The average Bonchev–Trinajstić information content (AvgIpc) is 2.42. The van der Waals surface area contributed by atoms with Gasteiger partial charge in [0, 0.05) is 24.5 Å². The van der Waals surface area contributed by atoms with Crippen molar-refractivity contribution < 1.29 is 10.2 Å². The minimum Gasteiger partial charge on any atom is -0.516 e. The topological polar surface area (TPSA) is 69.7 Å². The zero-order chi connectivity index (χ0) is 14.1. The second-order valence-electron chi connectivity index (χ2n) is 4.05. The molecule has 1 aromatic rings. The first kappa shape index (κ1) is 14.7. The van der Waals surface area contributed by atoms with Gasteiger partial charge in [-0.05, 0) is 42.3 Å². The summed E-state index contributed by atoms with van der Waals surface area (Å²) in [5.41, 5.74) is 8.62. The van der Waals surface area contributed by atoms with Gasteiger partial charge < -0.3 is 20.8 Å². The van der Waals surface area contributed by atoms with Crippen molar-refractivity contribution in [2.24, 2.45) is 0 Å². The van der Waals surface area contributed by atoms with Gasteiger partial charge in [0.2, 0.25) is 0 Å². The highest BCUT2D eigenvalue weighted by Crippen LogP contribution is 2.22. The average molecular weight is 260 g/mol. The van der Waals surface area contributed by atoms with Gasteiger partial charge in [0.05, 0.1) is 12.5 Å². The Bertz CT molecular complexity index is 453. The molecule has 0 heterocycles. The summed E-state index contributed by atoms with van der Waals surface area (Å²) in [5.74, 6) is 0. The standard InChI is InChI=1S/C15H20N2O2/c1-2-5-13-12-14(6-7-15(13)16)17(8-3-10-18)9-4-11-19/h2-4,6-7,10-12,18-19H,1,5,8-9,16H2. The zero-order valence-corrected chi connectivity index (χ0v) is 10.9. The third-order valence-corrected chi connectivity index (χ3v) is 2.72. The van der Waals surface area contributed by atoms with Crippen LogP contribution >= 0.6 is 0 Å². The number of benzene rings is 1. The van der Waals surface area contributed by atoms with Crippen molar-refractivity contribution in [2.75, 3.05) is 23.7 Å². The van der Waals surface area contributed by atoms with Crippen LogP contribution < -0.4 is 10.6 Å². The van der Waals surface area contributed by atoms with Crippen molar-refractivity contribution in [2.45, 2.75) is 6.42 Å². The van der Waals surface area contributed by atoms with Gasteiger partial charge in [-0.15, -0.1) is 6.58 Å². The smallest absolute Gasteiger partial charge is 0.0769 e. The van der Waals surface area contributed by atoms with E-state index in [-0.39, 0.29) is 0 Å². The summed E-state index contributed by atoms with van der Waals surface area (Å²) in [6, 6.07) is 5.76. The monoisotopic (exact) mass is 260 g/mol. The van der Waals surface area contributed by atoms with E-state index in [9.17, 15) is 0 Å². The van der Waals surface area contributed by atoms with Crippen LogP contribution in [0.25, 0.3) is 0 Å². The molecule has 0 aliphatic carbocycles. The van der Waals surface area contributed by atoms with Crippen LogP contribution in [0.1, 0.15) is 5.56 Å². The van der Waals surface area contributed by atoms with Gasteiger partial charge in [-0.3, -0.25) is 0 Å². The second kappa shape index (κ2) is 7.87. The van der Waals surface area contributed by atoms with Crippen LogP contribution in [0.4, 0.5) is 11.4 Å². The number of hydrogen-bond acceptors (Lipinski definition) is 4. The summed E-state index contributed by atoms with van der Waals surface area (Å²) >= 11 is 0. The van der Waals surface area contributed by atoms with Crippen molar-refractivity contribution in [3.63, 3.8) is 0 Å². The lowest BCUT2D eigenvalue weighted by Gasteiger charge is -2.22. The normalized spacial score (nSPS) is 11.2. The third kappa shape index (κ3) is 4.43. The second-order valence-corrected chi connectivity index (χ2v) is 4.05. The van der Waals surface area contributed by atoms with Gasteiger partial charge in [0.25, 0.3) is 0 Å². The van der Waals surface area contributed by atoms with Gasteiger partial charge in [-0.25, -0.2) is 0 Å². The molecule has 0 aliphatic rings. The van der Waals surface area contributed by atoms with E-state index < -0.39 is 0 Å². The fourth-order valence-corrected chi connectivity index (χ4v) is 1.76. The van der Waals surface area contributed by atoms with Crippen molar-refractivity contribution in [1.82, 2.24) is 0 Å². The van der Waals surface area contributed by atoms with Crippen LogP contribution in [-0.2, 0) is 6.42 Å². The molecule has 0 unspecified atom stereocenters. The Balaban J connectivity index is 2.99. The van der Waals surface area contributed by atoms with E-state index in [4.69, 9.17) is 15.9 Å². The largest absolute Gasteiger partial charge is 0.516 e. The van der Waals surface area contributed by atoms with Gasteiger partial charge in [-0.2, -0.15) is 0 Å². The van der Waals surface area contributed by atoms with E-state index >= 15 is 0 Å². The van der Waals surface area contributed by atoms with Crippen LogP contribution in [0.5, 0.6) is 0 Å². The molecular weight excluding hydrogens is 240 g/mol. The van der Waals surface area contributed by atoms with Gasteiger partial charge in [-0.1, -0.05) is 6.08 Å². The van der Waals surface area contributed by atoms with E-state index in [1.807, 2.05) is 23.1 Å². The maximum atomic E-state index is 8.76.